The summed E-state index contributed by atoms with van der Waals surface area (Å²) in [6.45, 7) is 3.69. The Morgan fingerprint density at radius 1 is 1.09 bits per heavy atom. The molecule has 2 aliphatic heterocycles. The first-order chi connectivity index (χ1) is 15.9. The predicted octanol–water partition coefficient (Wildman–Crippen LogP) is 3.35. The third-order valence-electron chi connectivity index (χ3n) is 6.60. The van der Waals surface area contributed by atoms with E-state index in [2.05, 4.69) is 31.0 Å². The topological polar surface area (TPSA) is 145 Å². The van der Waals surface area contributed by atoms with Crippen LogP contribution < -0.4 is 0 Å². The van der Waals surface area contributed by atoms with Crippen LogP contribution in [0.2, 0.25) is 10.0 Å². The fourth-order valence-electron chi connectivity index (χ4n) is 4.90. The van der Waals surface area contributed by atoms with Gasteiger partial charge in [-0.15, -0.1) is 0 Å². The molecule has 1 aromatic carbocycles. The number of carbonyl (C=O) groups is 3. The van der Waals surface area contributed by atoms with E-state index in [0.717, 1.165) is 13.2 Å². The molecule has 4 N–H and O–H groups in total. The Balaban J connectivity index is 0.000000273. The van der Waals surface area contributed by atoms with Crippen molar-refractivity contribution in [1.82, 2.24) is 4.90 Å². The van der Waals surface area contributed by atoms with E-state index in [4.69, 9.17) is 48.4 Å². The zero-order chi connectivity index (χ0) is 25.6. The van der Waals surface area contributed by atoms with E-state index in [0.29, 0.717) is 34.0 Å². The number of benzene rings is 1. The fourth-order valence-corrected chi connectivity index (χ4v) is 5.21. The van der Waals surface area contributed by atoms with Crippen molar-refractivity contribution in [1.29, 1.82) is 0 Å². The average Bonchev–Trinajstić information content (AvgIpc) is 2.97. The number of ether oxygens (including phenoxy) is 1. The highest BCUT2D eigenvalue weighted by molar-refractivity contribution is 6.42. The van der Waals surface area contributed by atoms with E-state index < -0.39 is 36.4 Å². The van der Waals surface area contributed by atoms with Crippen LogP contribution >= 0.6 is 23.2 Å². The van der Waals surface area contributed by atoms with Gasteiger partial charge in [0.1, 0.15) is 0 Å². The summed E-state index contributed by atoms with van der Waals surface area (Å²) in [7, 11) is 2.27. The Labute approximate surface area is 208 Å². The number of fused-ring (bicyclic) bond motifs is 2. The minimum Gasteiger partial charge on any atom is -0.481 e. The number of piperidine rings is 1. The summed E-state index contributed by atoms with van der Waals surface area (Å²) in [5.41, 5.74) is -1.42. The minimum atomic E-state index is -2.74. The Morgan fingerprint density at radius 2 is 1.71 bits per heavy atom. The van der Waals surface area contributed by atoms with Crippen LogP contribution in [0.3, 0.4) is 0 Å². The number of hydrogen-bond acceptors (Lipinski definition) is 6. The number of aliphatic carboxylic acids is 3. The van der Waals surface area contributed by atoms with Gasteiger partial charge in [0.25, 0.3) is 0 Å². The summed E-state index contributed by atoms with van der Waals surface area (Å²) in [5.74, 6) is -3.94. The predicted molar refractivity (Wildman–Crippen MR) is 125 cm³/mol. The van der Waals surface area contributed by atoms with Crippen LogP contribution in [0.5, 0.6) is 0 Å². The van der Waals surface area contributed by atoms with Crippen molar-refractivity contribution in [3.63, 3.8) is 0 Å². The summed E-state index contributed by atoms with van der Waals surface area (Å²) in [5, 5.41) is 35.1. The van der Waals surface area contributed by atoms with E-state index in [1.165, 1.54) is 24.8 Å². The van der Waals surface area contributed by atoms with E-state index in [1.807, 2.05) is 6.07 Å². The zero-order valence-electron chi connectivity index (χ0n) is 19.1. The van der Waals surface area contributed by atoms with Crippen molar-refractivity contribution >= 4 is 41.1 Å². The second kappa shape index (κ2) is 12.2. The van der Waals surface area contributed by atoms with Gasteiger partial charge in [-0.2, -0.15) is 0 Å². The summed E-state index contributed by atoms with van der Waals surface area (Å²) in [6, 6.07) is 7.46. The van der Waals surface area contributed by atoms with E-state index in [-0.39, 0.29) is 0 Å². The SMILES string of the molecule is CCOCC1C(c2ccc(Cl)c(Cl)c2)CC2CCC1N2C.O=C(O)CC(O)(CC(=O)O)C(=O)O. The Hall–Kier alpha value is -1.91. The lowest BCUT2D eigenvalue weighted by atomic mass is 9.76. The molecule has 0 radical (unpaired) electrons. The smallest absolute Gasteiger partial charge is 0.336 e. The van der Waals surface area contributed by atoms with E-state index in [9.17, 15) is 14.4 Å². The average molecular weight is 520 g/mol. The molecule has 11 heteroatoms. The molecule has 1 aromatic rings. The highest BCUT2D eigenvalue weighted by Gasteiger charge is 2.46. The number of hydrogen-bond donors (Lipinski definition) is 4. The number of aliphatic hydroxyl groups is 1. The van der Waals surface area contributed by atoms with Gasteiger partial charge in [-0.3, -0.25) is 9.59 Å². The van der Waals surface area contributed by atoms with Crippen molar-refractivity contribution in [2.24, 2.45) is 5.92 Å². The standard InChI is InChI=1S/C17H23Cl2NO.C6H8O7/c1-3-21-10-14-13(9-12-5-7-17(14)20(12)2)11-4-6-15(18)16(19)8-11;7-3(8)1-6(13,5(11)12)2-4(9)10/h4,6,8,12-14,17H,3,5,7,9-10H2,1-2H3;13H,1-2H2,(H,7,8)(H,9,10)(H,11,12). The van der Waals surface area contributed by atoms with E-state index >= 15 is 0 Å². The molecule has 4 atom stereocenters. The monoisotopic (exact) mass is 519 g/mol. The van der Waals surface area contributed by atoms with Crippen LogP contribution in [-0.4, -0.2) is 81.2 Å². The third-order valence-corrected chi connectivity index (χ3v) is 7.34. The molecule has 2 bridgehead atoms. The number of nitrogens with zero attached hydrogens (tertiary/aromatic N) is 1. The molecule has 2 aliphatic rings. The van der Waals surface area contributed by atoms with Crippen molar-refractivity contribution in [2.45, 2.75) is 62.6 Å². The number of halogens is 2. The van der Waals surface area contributed by atoms with Crippen LogP contribution in [0.4, 0.5) is 0 Å². The maximum atomic E-state index is 10.3. The molecule has 2 heterocycles. The molecule has 190 valence electrons. The number of carboxylic acid groups (broad SMARTS) is 3. The normalized spacial score (nSPS) is 24.3. The maximum Gasteiger partial charge on any atom is 0.336 e. The molecular formula is C23H31Cl2NO8. The minimum absolute atomic E-state index is 0.528. The molecule has 0 saturated carbocycles. The fraction of sp³-hybridized carbons (Fsp3) is 0.609. The molecule has 9 nitrogen and oxygen atoms in total. The molecule has 0 amide bonds. The van der Waals surface area contributed by atoms with Crippen molar-refractivity contribution < 1.29 is 39.5 Å². The van der Waals surface area contributed by atoms with Gasteiger partial charge in [0.15, 0.2) is 5.60 Å². The summed E-state index contributed by atoms with van der Waals surface area (Å²) < 4.78 is 5.79. The molecule has 0 aromatic heterocycles. The van der Waals surface area contributed by atoms with Crippen LogP contribution in [0.15, 0.2) is 18.2 Å². The quantitative estimate of drug-likeness (QED) is 0.385. The van der Waals surface area contributed by atoms with Gasteiger partial charge in [-0.25, -0.2) is 4.79 Å². The lowest BCUT2D eigenvalue weighted by Gasteiger charge is -2.43. The lowest BCUT2D eigenvalue weighted by Crippen LogP contribution is -2.47. The van der Waals surface area contributed by atoms with Gasteiger partial charge >= 0.3 is 17.9 Å². The molecule has 2 fully saturated rings. The second-order valence-electron chi connectivity index (χ2n) is 8.78. The van der Waals surface area contributed by atoms with Gasteiger partial charge in [-0.1, -0.05) is 29.3 Å². The Bertz CT molecular complexity index is 880. The van der Waals surface area contributed by atoms with Gasteiger partial charge < -0.3 is 30.1 Å². The molecule has 34 heavy (non-hydrogen) atoms. The highest BCUT2D eigenvalue weighted by Crippen LogP contribution is 2.46. The summed E-state index contributed by atoms with van der Waals surface area (Å²) in [6.07, 6.45) is 1.50. The lowest BCUT2D eigenvalue weighted by molar-refractivity contribution is -0.170. The molecule has 0 aliphatic carbocycles. The van der Waals surface area contributed by atoms with Crippen LogP contribution in [0, 0.1) is 5.92 Å². The number of carboxylic acids is 3. The van der Waals surface area contributed by atoms with Crippen molar-refractivity contribution in [3.8, 4) is 0 Å². The first kappa shape index (κ1) is 28.3. The summed E-state index contributed by atoms with van der Waals surface area (Å²) >= 11 is 12.3. The summed E-state index contributed by atoms with van der Waals surface area (Å²) in [4.78, 5) is 33.1. The van der Waals surface area contributed by atoms with Gasteiger partial charge in [0.2, 0.25) is 0 Å². The first-order valence-corrected chi connectivity index (χ1v) is 11.8. The van der Waals surface area contributed by atoms with Gasteiger partial charge in [-0.05, 0) is 56.8 Å². The van der Waals surface area contributed by atoms with Gasteiger partial charge in [0, 0.05) is 24.6 Å². The molecule has 2 saturated heterocycles. The van der Waals surface area contributed by atoms with E-state index in [1.54, 1.807) is 0 Å². The number of rotatable bonds is 9. The Morgan fingerprint density at radius 3 is 2.21 bits per heavy atom. The van der Waals surface area contributed by atoms with Crippen LogP contribution in [-0.2, 0) is 19.1 Å². The largest absolute Gasteiger partial charge is 0.481 e. The first-order valence-electron chi connectivity index (χ1n) is 11.0. The molecule has 4 unspecified atom stereocenters. The van der Waals surface area contributed by atoms with Crippen LogP contribution in [0.1, 0.15) is 50.5 Å². The van der Waals surface area contributed by atoms with Crippen LogP contribution in [0.25, 0.3) is 0 Å². The van der Waals surface area contributed by atoms with Crippen molar-refractivity contribution in [2.75, 3.05) is 20.3 Å². The zero-order valence-corrected chi connectivity index (χ0v) is 20.6. The highest BCUT2D eigenvalue weighted by atomic mass is 35.5. The second-order valence-corrected chi connectivity index (χ2v) is 9.60. The van der Waals surface area contributed by atoms with Crippen molar-refractivity contribution in [3.05, 3.63) is 33.8 Å². The van der Waals surface area contributed by atoms with Gasteiger partial charge in [0.05, 0.1) is 29.5 Å². The molecule has 0 spiro atoms. The molecular weight excluding hydrogens is 489 g/mol. The molecule has 3 rings (SSSR count). The third kappa shape index (κ3) is 7.05. The maximum absolute atomic E-state index is 10.3. The Kier molecular flexibility index (Phi) is 10.1.